The van der Waals surface area contributed by atoms with Gasteiger partial charge in [-0.25, -0.2) is 0 Å². The van der Waals surface area contributed by atoms with E-state index in [-0.39, 0.29) is 0 Å². The Morgan fingerprint density at radius 2 is 1.79 bits per heavy atom. The molecule has 0 bridgehead atoms. The first kappa shape index (κ1) is 18.3. The topological polar surface area (TPSA) is 21.3 Å². The van der Waals surface area contributed by atoms with Gasteiger partial charge in [-0.05, 0) is 66.3 Å². The van der Waals surface area contributed by atoms with Crippen molar-refractivity contribution in [3.63, 3.8) is 0 Å². The molecular formula is C26H24ClNO. The summed E-state index contributed by atoms with van der Waals surface area (Å²) in [6.07, 6.45) is 5.84. The van der Waals surface area contributed by atoms with Crippen LogP contribution in [0.25, 0.3) is 0 Å². The number of ether oxygens (including phenoxy) is 1. The summed E-state index contributed by atoms with van der Waals surface area (Å²) in [5, 5.41) is 4.55. The first-order valence-corrected chi connectivity index (χ1v) is 10.6. The number of benzene rings is 3. The molecule has 0 saturated carbocycles. The first-order valence-electron chi connectivity index (χ1n) is 10.2. The minimum atomic E-state index is 0.315. The fourth-order valence-corrected chi connectivity index (χ4v) is 4.69. The molecule has 0 amide bonds. The molecule has 2 nitrogen and oxygen atoms in total. The van der Waals surface area contributed by atoms with E-state index in [4.69, 9.17) is 16.3 Å². The van der Waals surface area contributed by atoms with E-state index in [0.29, 0.717) is 24.5 Å². The number of allylic oxidation sites excluding steroid dienone is 2. The summed E-state index contributed by atoms with van der Waals surface area (Å²) in [5.41, 5.74) is 6.44. The second-order valence-corrected chi connectivity index (χ2v) is 8.49. The highest BCUT2D eigenvalue weighted by molar-refractivity contribution is 6.30. The summed E-state index contributed by atoms with van der Waals surface area (Å²) in [6.45, 7) is 2.71. The van der Waals surface area contributed by atoms with Gasteiger partial charge < -0.3 is 10.1 Å². The Kier molecular flexibility index (Phi) is 4.81. The molecule has 0 fully saturated rings. The fraction of sp³-hybridized carbons (Fsp3) is 0.231. The summed E-state index contributed by atoms with van der Waals surface area (Å²) in [4.78, 5) is 0. The predicted molar refractivity (Wildman–Crippen MR) is 120 cm³/mol. The largest absolute Gasteiger partial charge is 0.489 e. The molecule has 1 aliphatic heterocycles. The van der Waals surface area contributed by atoms with Gasteiger partial charge in [-0.1, -0.05) is 65.7 Å². The summed E-state index contributed by atoms with van der Waals surface area (Å²) < 4.78 is 5.95. The van der Waals surface area contributed by atoms with Crippen LogP contribution in [0, 0.1) is 12.8 Å². The number of hydrogen-bond acceptors (Lipinski definition) is 2. The van der Waals surface area contributed by atoms with Gasteiger partial charge in [0.25, 0.3) is 0 Å². The van der Waals surface area contributed by atoms with E-state index in [1.165, 1.54) is 22.4 Å². The lowest BCUT2D eigenvalue weighted by Gasteiger charge is -2.37. The molecule has 3 aromatic carbocycles. The van der Waals surface area contributed by atoms with Crippen molar-refractivity contribution in [2.24, 2.45) is 5.92 Å². The van der Waals surface area contributed by atoms with Crippen molar-refractivity contribution < 1.29 is 4.74 Å². The Morgan fingerprint density at radius 1 is 1.00 bits per heavy atom. The van der Waals surface area contributed by atoms with Crippen LogP contribution in [-0.2, 0) is 6.61 Å². The molecule has 0 saturated heterocycles. The number of aryl methyl sites for hydroxylation is 1. The lowest BCUT2D eigenvalue weighted by atomic mass is 9.76. The van der Waals surface area contributed by atoms with Crippen molar-refractivity contribution in [2.75, 3.05) is 5.32 Å². The number of anilines is 1. The van der Waals surface area contributed by atoms with Gasteiger partial charge in [-0.3, -0.25) is 0 Å². The molecule has 0 unspecified atom stereocenters. The standard InChI is InChI=1S/C26H24ClNO/c1-17-5-14-25-24(15-17)22-3-2-4-23(22)26(28-25)19-8-12-21(13-9-19)29-16-18-6-10-20(27)11-7-18/h2-3,5-15,22-23,26,28H,4,16H2,1H3/t22-,23+,26+/m1/s1. The van der Waals surface area contributed by atoms with Crippen molar-refractivity contribution in [3.8, 4) is 5.75 Å². The maximum absolute atomic E-state index is 5.95. The van der Waals surface area contributed by atoms with Crippen LogP contribution in [-0.4, -0.2) is 0 Å². The molecule has 2 aliphatic rings. The maximum Gasteiger partial charge on any atom is 0.119 e. The molecule has 3 atom stereocenters. The van der Waals surface area contributed by atoms with E-state index in [0.717, 1.165) is 22.8 Å². The molecule has 0 aromatic heterocycles. The number of nitrogens with one attached hydrogen (secondary N) is 1. The van der Waals surface area contributed by atoms with Crippen LogP contribution in [0.2, 0.25) is 5.02 Å². The van der Waals surface area contributed by atoms with Crippen LogP contribution in [0.15, 0.2) is 78.9 Å². The molecule has 1 aliphatic carbocycles. The Balaban J connectivity index is 1.33. The minimum absolute atomic E-state index is 0.315. The maximum atomic E-state index is 5.95. The lowest BCUT2D eigenvalue weighted by molar-refractivity contribution is 0.306. The monoisotopic (exact) mass is 401 g/mol. The average molecular weight is 402 g/mol. The van der Waals surface area contributed by atoms with Gasteiger partial charge >= 0.3 is 0 Å². The summed E-state index contributed by atoms with van der Waals surface area (Å²) in [5.74, 6) is 1.94. The van der Waals surface area contributed by atoms with Gasteiger partial charge in [0.05, 0.1) is 6.04 Å². The zero-order chi connectivity index (χ0) is 19.8. The summed E-state index contributed by atoms with van der Waals surface area (Å²) in [7, 11) is 0. The van der Waals surface area contributed by atoms with Crippen molar-refractivity contribution in [1.29, 1.82) is 0 Å². The van der Waals surface area contributed by atoms with Crippen molar-refractivity contribution in [3.05, 3.63) is 106 Å². The molecule has 3 heteroatoms. The van der Waals surface area contributed by atoms with E-state index in [9.17, 15) is 0 Å². The van der Waals surface area contributed by atoms with E-state index in [1.54, 1.807) is 0 Å². The second-order valence-electron chi connectivity index (χ2n) is 8.05. The second kappa shape index (κ2) is 7.61. The van der Waals surface area contributed by atoms with Gasteiger partial charge in [0.15, 0.2) is 0 Å². The third-order valence-electron chi connectivity index (χ3n) is 6.08. The van der Waals surface area contributed by atoms with Crippen LogP contribution >= 0.6 is 11.6 Å². The molecule has 0 radical (unpaired) electrons. The highest BCUT2D eigenvalue weighted by atomic mass is 35.5. The number of hydrogen-bond donors (Lipinski definition) is 1. The average Bonchev–Trinajstić information content (AvgIpc) is 3.24. The molecule has 0 spiro atoms. The molecule has 1 heterocycles. The van der Waals surface area contributed by atoms with Gasteiger partial charge in [-0.2, -0.15) is 0 Å². The zero-order valence-electron chi connectivity index (χ0n) is 16.4. The third-order valence-corrected chi connectivity index (χ3v) is 6.33. The van der Waals surface area contributed by atoms with Crippen molar-refractivity contribution in [1.82, 2.24) is 0 Å². The smallest absolute Gasteiger partial charge is 0.119 e. The fourth-order valence-electron chi connectivity index (χ4n) is 4.56. The molecular weight excluding hydrogens is 378 g/mol. The first-order chi connectivity index (χ1) is 14.2. The van der Waals surface area contributed by atoms with Gasteiger partial charge in [-0.15, -0.1) is 0 Å². The predicted octanol–water partition coefficient (Wildman–Crippen LogP) is 7.05. The van der Waals surface area contributed by atoms with Crippen LogP contribution in [0.1, 0.15) is 40.6 Å². The SMILES string of the molecule is Cc1ccc2c(c1)[C@@H]1C=CC[C@@H]1[C@H](c1ccc(OCc3ccc(Cl)cc3)cc1)N2. The molecule has 5 rings (SSSR count). The van der Waals surface area contributed by atoms with Gasteiger partial charge in [0.2, 0.25) is 0 Å². The highest BCUT2D eigenvalue weighted by Crippen LogP contribution is 2.50. The van der Waals surface area contributed by atoms with Gasteiger partial charge in [0, 0.05) is 16.6 Å². The van der Waals surface area contributed by atoms with Crippen LogP contribution < -0.4 is 10.1 Å². The third kappa shape index (κ3) is 3.65. The Morgan fingerprint density at radius 3 is 2.59 bits per heavy atom. The number of halogens is 1. The molecule has 3 aromatic rings. The molecule has 146 valence electrons. The summed E-state index contributed by atoms with van der Waals surface area (Å²) in [6, 6.07) is 23.4. The van der Waals surface area contributed by atoms with E-state index in [2.05, 4.69) is 66.9 Å². The van der Waals surface area contributed by atoms with Crippen LogP contribution in [0.5, 0.6) is 5.75 Å². The summed E-state index contributed by atoms with van der Waals surface area (Å²) >= 11 is 5.95. The Labute approximate surface area is 177 Å². The molecule has 29 heavy (non-hydrogen) atoms. The number of rotatable bonds is 4. The zero-order valence-corrected chi connectivity index (χ0v) is 17.2. The van der Waals surface area contributed by atoms with Crippen molar-refractivity contribution in [2.45, 2.75) is 31.9 Å². The molecule has 1 N–H and O–H groups in total. The van der Waals surface area contributed by atoms with Gasteiger partial charge in [0.1, 0.15) is 12.4 Å². The van der Waals surface area contributed by atoms with E-state index < -0.39 is 0 Å². The van der Waals surface area contributed by atoms with Crippen LogP contribution in [0.4, 0.5) is 5.69 Å². The normalized spacial score (nSPS) is 21.9. The Bertz CT molecular complexity index is 1040. The van der Waals surface area contributed by atoms with Crippen LogP contribution in [0.3, 0.4) is 0 Å². The lowest BCUT2D eigenvalue weighted by Crippen LogP contribution is -2.29. The highest BCUT2D eigenvalue weighted by Gasteiger charge is 2.37. The minimum Gasteiger partial charge on any atom is -0.489 e. The van der Waals surface area contributed by atoms with E-state index in [1.807, 2.05) is 24.3 Å². The number of fused-ring (bicyclic) bond motifs is 3. The quantitative estimate of drug-likeness (QED) is 0.472. The van der Waals surface area contributed by atoms with E-state index >= 15 is 0 Å². The Hall–Kier alpha value is -2.71. The van der Waals surface area contributed by atoms with Crippen molar-refractivity contribution >= 4 is 17.3 Å².